The van der Waals surface area contributed by atoms with Gasteiger partial charge in [0.05, 0.1) is 0 Å². The van der Waals surface area contributed by atoms with E-state index in [-0.39, 0.29) is 0 Å². The lowest BCUT2D eigenvalue weighted by Gasteiger charge is -2.20. The largest absolute Gasteiger partial charge is 0.357 e. The van der Waals surface area contributed by atoms with Crippen LogP contribution in [0.15, 0.2) is 6.07 Å². The van der Waals surface area contributed by atoms with Crippen molar-refractivity contribution in [1.29, 1.82) is 0 Å². The summed E-state index contributed by atoms with van der Waals surface area (Å²) in [4.78, 5) is 10.9. The number of anilines is 1. The van der Waals surface area contributed by atoms with Crippen molar-refractivity contribution < 1.29 is 0 Å². The Morgan fingerprint density at radius 3 is 2.23 bits per heavy atom. The molecule has 0 aliphatic heterocycles. The highest BCUT2D eigenvalue weighted by Crippen LogP contribution is 2.11. The molecule has 0 saturated carbocycles. The van der Waals surface area contributed by atoms with E-state index in [0.717, 1.165) is 30.4 Å². The highest BCUT2D eigenvalue weighted by molar-refractivity contribution is 5.39. The lowest BCUT2D eigenvalue weighted by atomic mass is 10.3. The Labute approximate surface area is 79.8 Å². The molecule has 0 aromatic carbocycles. The van der Waals surface area contributed by atoms with E-state index in [0.29, 0.717) is 0 Å². The van der Waals surface area contributed by atoms with E-state index >= 15 is 0 Å². The van der Waals surface area contributed by atoms with Crippen molar-refractivity contribution in [2.45, 2.75) is 27.7 Å². The number of aryl methyl sites for hydroxylation is 2. The quantitative estimate of drug-likeness (QED) is 0.710. The minimum Gasteiger partial charge on any atom is -0.357 e. The van der Waals surface area contributed by atoms with Gasteiger partial charge in [-0.1, -0.05) is 0 Å². The molecule has 1 heterocycles. The van der Waals surface area contributed by atoms with Crippen LogP contribution in [0.5, 0.6) is 0 Å². The van der Waals surface area contributed by atoms with Gasteiger partial charge in [-0.25, -0.2) is 9.97 Å². The molecule has 72 valence electrons. The molecule has 0 radical (unpaired) electrons. The first-order valence-electron chi connectivity index (χ1n) is 4.74. The molecule has 13 heavy (non-hydrogen) atoms. The van der Waals surface area contributed by atoms with Gasteiger partial charge in [0.25, 0.3) is 0 Å². The van der Waals surface area contributed by atoms with E-state index < -0.39 is 0 Å². The molecule has 1 rings (SSSR count). The van der Waals surface area contributed by atoms with Crippen LogP contribution in [0.3, 0.4) is 0 Å². The van der Waals surface area contributed by atoms with Crippen LogP contribution in [-0.2, 0) is 0 Å². The maximum absolute atomic E-state index is 4.39. The van der Waals surface area contributed by atoms with Crippen LogP contribution < -0.4 is 4.90 Å². The Balaban J connectivity index is 2.99. The summed E-state index contributed by atoms with van der Waals surface area (Å²) in [6.07, 6.45) is 0. The molecule has 0 atom stereocenters. The summed E-state index contributed by atoms with van der Waals surface area (Å²) in [5.74, 6) is 1.89. The van der Waals surface area contributed by atoms with Gasteiger partial charge in [-0.3, -0.25) is 0 Å². The molecule has 0 spiro atoms. The van der Waals surface area contributed by atoms with Gasteiger partial charge in [0, 0.05) is 24.8 Å². The van der Waals surface area contributed by atoms with Crippen LogP contribution in [-0.4, -0.2) is 23.1 Å². The smallest absolute Gasteiger partial charge is 0.132 e. The van der Waals surface area contributed by atoms with Gasteiger partial charge in [0.1, 0.15) is 11.6 Å². The van der Waals surface area contributed by atoms with Gasteiger partial charge in [-0.2, -0.15) is 0 Å². The Bertz CT molecular complexity index is 259. The molecule has 1 aromatic rings. The maximum atomic E-state index is 4.39. The van der Waals surface area contributed by atoms with Crippen molar-refractivity contribution in [3.8, 4) is 0 Å². The van der Waals surface area contributed by atoms with Crippen molar-refractivity contribution in [2.24, 2.45) is 0 Å². The van der Waals surface area contributed by atoms with E-state index in [1.807, 2.05) is 19.9 Å². The van der Waals surface area contributed by atoms with Crippen molar-refractivity contribution in [3.05, 3.63) is 17.6 Å². The van der Waals surface area contributed by atoms with E-state index in [2.05, 4.69) is 28.7 Å². The lowest BCUT2D eigenvalue weighted by Crippen LogP contribution is -2.23. The summed E-state index contributed by atoms with van der Waals surface area (Å²) < 4.78 is 0. The predicted molar refractivity (Wildman–Crippen MR) is 55.1 cm³/mol. The van der Waals surface area contributed by atoms with Gasteiger partial charge in [-0.05, 0) is 27.7 Å². The zero-order valence-electron chi connectivity index (χ0n) is 8.83. The molecule has 0 N–H and O–H groups in total. The van der Waals surface area contributed by atoms with E-state index in [4.69, 9.17) is 0 Å². The highest BCUT2D eigenvalue weighted by Gasteiger charge is 2.04. The third-order valence-electron chi connectivity index (χ3n) is 2.04. The van der Waals surface area contributed by atoms with Gasteiger partial charge in [0.15, 0.2) is 0 Å². The van der Waals surface area contributed by atoms with Crippen LogP contribution in [0.2, 0.25) is 0 Å². The van der Waals surface area contributed by atoms with Crippen molar-refractivity contribution in [2.75, 3.05) is 18.0 Å². The summed E-state index contributed by atoms with van der Waals surface area (Å²) >= 11 is 0. The second-order valence-electron chi connectivity index (χ2n) is 3.09. The Morgan fingerprint density at radius 2 is 1.77 bits per heavy atom. The van der Waals surface area contributed by atoms with Crippen LogP contribution in [0.4, 0.5) is 5.82 Å². The topological polar surface area (TPSA) is 29.0 Å². The van der Waals surface area contributed by atoms with Crippen LogP contribution in [0.1, 0.15) is 25.4 Å². The number of hydrogen-bond donors (Lipinski definition) is 0. The molecule has 1 aromatic heterocycles. The Kier molecular flexibility index (Phi) is 3.23. The summed E-state index contributed by atoms with van der Waals surface area (Å²) in [5, 5.41) is 0. The average Bonchev–Trinajstić information content (AvgIpc) is 2.04. The van der Waals surface area contributed by atoms with Gasteiger partial charge >= 0.3 is 0 Å². The number of aromatic nitrogens is 2. The second-order valence-corrected chi connectivity index (χ2v) is 3.09. The van der Waals surface area contributed by atoms with E-state index in [1.54, 1.807) is 0 Å². The van der Waals surface area contributed by atoms with E-state index in [1.165, 1.54) is 0 Å². The molecule has 3 nitrogen and oxygen atoms in total. The molecule has 0 amide bonds. The Morgan fingerprint density at radius 1 is 1.15 bits per heavy atom. The number of rotatable bonds is 3. The molecular weight excluding hydrogens is 162 g/mol. The van der Waals surface area contributed by atoms with Gasteiger partial charge < -0.3 is 4.90 Å². The van der Waals surface area contributed by atoms with Crippen molar-refractivity contribution in [3.63, 3.8) is 0 Å². The molecular formula is C10H17N3. The maximum Gasteiger partial charge on any atom is 0.132 e. The number of hydrogen-bond acceptors (Lipinski definition) is 3. The molecule has 0 saturated heterocycles. The molecule has 0 aliphatic carbocycles. The summed E-state index contributed by atoms with van der Waals surface area (Å²) in [7, 11) is 0. The van der Waals surface area contributed by atoms with Crippen molar-refractivity contribution >= 4 is 5.82 Å². The third kappa shape index (κ3) is 2.41. The van der Waals surface area contributed by atoms with E-state index in [9.17, 15) is 0 Å². The average molecular weight is 179 g/mol. The zero-order valence-corrected chi connectivity index (χ0v) is 8.83. The van der Waals surface area contributed by atoms with Crippen LogP contribution in [0.25, 0.3) is 0 Å². The monoisotopic (exact) mass is 179 g/mol. The minimum atomic E-state index is 0.849. The highest BCUT2D eigenvalue weighted by atomic mass is 15.2. The first-order chi connectivity index (χ1) is 6.17. The van der Waals surface area contributed by atoms with Crippen LogP contribution >= 0.6 is 0 Å². The molecule has 0 aliphatic rings. The zero-order chi connectivity index (χ0) is 9.84. The fourth-order valence-electron chi connectivity index (χ4n) is 1.41. The second kappa shape index (κ2) is 4.21. The normalized spacial score (nSPS) is 10.2. The van der Waals surface area contributed by atoms with Crippen molar-refractivity contribution in [1.82, 2.24) is 9.97 Å². The third-order valence-corrected chi connectivity index (χ3v) is 2.04. The molecule has 0 fully saturated rings. The first-order valence-corrected chi connectivity index (χ1v) is 4.74. The summed E-state index contributed by atoms with van der Waals surface area (Å²) in [6.45, 7) is 10.2. The minimum absolute atomic E-state index is 0.849. The SMILES string of the molecule is CCN(CC)c1cc(C)nc(C)n1. The fourth-order valence-corrected chi connectivity index (χ4v) is 1.41. The standard InChI is InChI=1S/C10H17N3/c1-5-13(6-2)10-7-8(3)11-9(4)12-10/h7H,5-6H2,1-4H3. The predicted octanol–water partition coefficient (Wildman–Crippen LogP) is 1.94. The summed E-state index contributed by atoms with van der Waals surface area (Å²) in [5.41, 5.74) is 1.04. The molecule has 0 bridgehead atoms. The van der Waals surface area contributed by atoms with Gasteiger partial charge in [0.2, 0.25) is 0 Å². The fraction of sp³-hybridized carbons (Fsp3) is 0.600. The number of nitrogens with zero attached hydrogens (tertiary/aromatic N) is 3. The van der Waals surface area contributed by atoms with Gasteiger partial charge in [-0.15, -0.1) is 0 Å². The lowest BCUT2D eigenvalue weighted by molar-refractivity contribution is 0.830. The van der Waals surface area contributed by atoms with Crippen LogP contribution in [0, 0.1) is 13.8 Å². The molecule has 0 unspecified atom stereocenters. The summed E-state index contributed by atoms with van der Waals surface area (Å²) in [6, 6.07) is 2.03. The Hall–Kier alpha value is -1.12. The first kappa shape index (κ1) is 9.96. The molecule has 3 heteroatoms.